The molecule has 0 saturated heterocycles. The smallest absolute Gasteiger partial charge is 0.180 e. The second kappa shape index (κ2) is 82.0. The van der Waals surface area contributed by atoms with Gasteiger partial charge in [-0.3, -0.25) is 30.0 Å². The van der Waals surface area contributed by atoms with Gasteiger partial charge in [0, 0.05) is 94.4 Å². The van der Waals surface area contributed by atoms with E-state index >= 15 is 0 Å². The quantitative estimate of drug-likeness (QED) is 0.229. The maximum atomic E-state index is 5.24. The maximum absolute atomic E-state index is 5.24. The third kappa shape index (κ3) is 77.3. The molecular weight excluding hydrogens is 1180 g/mol. The maximum Gasteiger partial charge on any atom is 0.180 e. The number of oxime groups is 3. The van der Waals surface area contributed by atoms with Gasteiger partial charge in [-0.15, -0.1) is 35.3 Å². The lowest BCUT2D eigenvalue weighted by Crippen LogP contribution is -2.18. The van der Waals surface area contributed by atoms with E-state index in [0.717, 1.165) is 125 Å². The fraction of sp³-hybridized carbons (Fsp3) is 0.875. The molecule has 0 spiro atoms. The second-order valence-electron chi connectivity index (χ2n) is 20.0. The molecule has 0 aromatic carbocycles. The first-order valence-electron chi connectivity index (χ1n) is 35.6. The van der Waals surface area contributed by atoms with Crippen LogP contribution in [0.2, 0.25) is 0 Å². The molecule has 9 unspecified atom stereocenters. The summed E-state index contributed by atoms with van der Waals surface area (Å²) in [5.41, 5.74) is 3.35. The summed E-state index contributed by atoms with van der Waals surface area (Å²) in [4.78, 5) is 40.1. The van der Waals surface area contributed by atoms with Gasteiger partial charge in [0.1, 0.15) is 19.3 Å². The van der Waals surface area contributed by atoms with Crippen molar-refractivity contribution in [2.45, 2.75) is 331 Å². The molecule has 90 heavy (non-hydrogen) atoms. The van der Waals surface area contributed by atoms with E-state index in [4.69, 9.17) is 28.7 Å². The van der Waals surface area contributed by atoms with Gasteiger partial charge in [-0.05, 0) is 127 Å². The third-order valence-corrected chi connectivity index (χ3v) is 14.7. The third-order valence-electron chi connectivity index (χ3n) is 11.5. The summed E-state index contributed by atoms with van der Waals surface area (Å²) in [5, 5.41) is 15.2. The molecule has 0 aromatic rings. The Kier molecular flexibility index (Phi) is 96.2. The predicted octanol–water partition coefficient (Wildman–Crippen LogP) is 22.8. The van der Waals surface area contributed by atoms with Gasteiger partial charge in [-0.1, -0.05) is 168 Å². The summed E-state index contributed by atoms with van der Waals surface area (Å²) >= 11 is 5.62. The fourth-order valence-corrected chi connectivity index (χ4v) is 9.51. The lowest BCUT2D eigenvalue weighted by molar-refractivity contribution is 0.0568. The van der Waals surface area contributed by atoms with E-state index in [1.54, 1.807) is 0 Å². The summed E-state index contributed by atoms with van der Waals surface area (Å²) in [5.74, 6) is 8.98. The zero-order valence-electron chi connectivity index (χ0n) is 66.1. The number of thioether (sulfide) groups is 3. The summed E-state index contributed by atoms with van der Waals surface area (Å²) in [6.07, 6.45) is 9.79. The van der Waals surface area contributed by atoms with Crippen molar-refractivity contribution in [2.24, 2.45) is 69.1 Å². The topological polar surface area (TPSA) is 167 Å². The molecule has 0 aliphatic carbocycles. The monoisotopic (exact) mass is 1340 g/mol. The van der Waals surface area contributed by atoms with Crippen molar-refractivity contribution in [3.05, 3.63) is 0 Å². The lowest BCUT2D eigenvalue weighted by atomic mass is 10.0. The Bertz CT molecular complexity index is 1630. The molecule has 0 bridgehead atoms. The molecule has 0 aromatic heterocycles. The second-order valence-corrected chi connectivity index (χ2v) is 23.8. The largest absolute Gasteiger partial charge is 0.481 e. The molecule has 9 atom stereocenters. The molecule has 9 aliphatic rings. The van der Waals surface area contributed by atoms with Crippen molar-refractivity contribution in [3.63, 3.8) is 0 Å². The van der Waals surface area contributed by atoms with Crippen LogP contribution in [0.5, 0.6) is 0 Å². The van der Waals surface area contributed by atoms with Crippen LogP contribution in [-0.2, 0) is 28.7 Å². The normalized spacial score (nSPS) is 23.9. The highest BCUT2D eigenvalue weighted by Crippen LogP contribution is 2.18. The van der Waals surface area contributed by atoms with Crippen LogP contribution in [0.15, 0.2) is 45.4 Å². The average molecular weight is 1340 g/mol. The SMILES string of the molecule is CC.CC.CC.CC.CC.CC.CC.CC.CC.CC1=NC(C)CCO1.CC1=NC(C)CCS1.CC1=NC(C)CCS1.CC1=NCC(C)CO1.CC1=NCC(C)CS1.CC1=NCCC(C)O1.CC1=NOC(C)CC1.CC1=NOCC(C)C1.CC1=NOCCC1C. The Morgan fingerprint density at radius 2 is 0.900 bits per heavy atom. The van der Waals surface area contributed by atoms with E-state index in [0.29, 0.717) is 48.1 Å². The molecule has 0 radical (unpaired) electrons. The Labute approximate surface area is 574 Å². The van der Waals surface area contributed by atoms with Gasteiger partial charge < -0.3 is 28.7 Å². The molecular formula is C72H153N9O6S3. The first kappa shape index (κ1) is 106. The van der Waals surface area contributed by atoms with Crippen molar-refractivity contribution >= 4 is 85.2 Å². The summed E-state index contributed by atoms with van der Waals surface area (Å²) in [6, 6.07) is 1.64. The predicted molar refractivity (Wildman–Crippen MR) is 419 cm³/mol. The van der Waals surface area contributed by atoms with Gasteiger partial charge in [0.2, 0.25) is 0 Å². The van der Waals surface area contributed by atoms with Crippen LogP contribution in [0.3, 0.4) is 0 Å². The molecule has 0 saturated carbocycles. The molecule has 9 heterocycles. The minimum Gasteiger partial charge on any atom is -0.481 e. The first-order chi connectivity index (χ1) is 43.1. The van der Waals surface area contributed by atoms with Crippen LogP contribution in [-0.4, -0.2) is 144 Å². The van der Waals surface area contributed by atoms with Crippen LogP contribution < -0.4 is 0 Å². The first-order valence-corrected chi connectivity index (χ1v) is 38.5. The van der Waals surface area contributed by atoms with Crippen molar-refractivity contribution in [1.82, 2.24) is 0 Å². The minimum atomic E-state index is 0.332. The van der Waals surface area contributed by atoms with Crippen LogP contribution >= 0.6 is 35.3 Å². The number of aliphatic imine (C=N–C) groups is 6. The van der Waals surface area contributed by atoms with Crippen LogP contribution in [0.25, 0.3) is 0 Å². The van der Waals surface area contributed by atoms with E-state index in [2.05, 4.69) is 122 Å². The van der Waals surface area contributed by atoms with Crippen molar-refractivity contribution in [1.29, 1.82) is 0 Å². The number of hydrogen-bond donors (Lipinski definition) is 0. The Morgan fingerprint density at radius 3 is 1.17 bits per heavy atom. The van der Waals surface area contributed by atoms with Crippen molar-refractivity contribution < 1.29 is 28.7 Å². The molecule has 0 amide bonds. The number of nitrogens with zero attached hydrogens (tertiary/aromatic N) is 9. The van der Waals surface area contributed by atoms with Crippen LogP contribution in [0.4, 0.5) is 0 Å². The fourth-order valence-electron chi connectivity index (χ4n) is 6.69. The number of hydrogen-bond acceptors (Lipinski definition) is 18. The summed E-state index contributed by atoms with van der Waals surface area (Å²) < 4.78 is 15.5. The molecule has 0 fully saturated rings. The Balaban J connectivity index is -0.000000113. The van der Waals surface area contributed by atoms with Crippen molar-refractivity contribution in [2.75, 3.05) is 63.3 Å². The zero-order valence-corrected chi connectivity index (χ0v) is 68.6. The highest BCUT2D eigenvalue weighted by molar-refractivity contribution is 8.14. The van der Waals surface area contributed by atoms with Crippen LogP contribution in [0.1, 0.15) is 301 Å². The van der Waals surface area contributed by atoms with Crippen LogP contribution in [0, 0.1) is 23.7 Å². The van der Waals surface area contributed by atoms with E-state index in [9.17, 15) is 0 Å². The molecule has 0 N–H and O–H groups in total. The summed E-state index contributed by atoms with van der Waals surface area (Å²) in [6.45, 7) is 79.4. The molecule has 9 rings (SSSR count). The highest BCUT2D eigenvalue weighted by Gasteiger charge is 2.13. The molecule has 540 valence electrons. The van der Waals surface area contributed by atoms with E-state index in [1.807, 2.05) is 208 Å². The standard InChI is InChI=1S/6C6H11NO.3C6H11NS.9C2H6/c1-5-3-7-6(2)8-4-5;1-5-3-6(2)7-8-4-5;1-5-3-4-8-6(2)7-5;1-5-3-4-7-6(2)8-5;1-5-3-4-8-7-6(5)2;1-5-3-4-6(2)8-7-5;1-5-3-7-6(2)8-4-5;2*1-5-3-4-8-6(2)7-5;9*1-2/h5*5H,3-4H2,1-2H3;6H,3-4H2,1-2H3;3*5H,3-4H2,1-2H3;9*1-2H3. The number of rotatable bonds is 0. The average Bonchev–Trinajstić information content (AvgIpc) is 3.58. The molecule has 18 heteroatoms. The zero-order chi connectivity index (χ0) is 71.8. The van der Waals surface area contributed by atoms with Gasteiger partial charge in [0.15, 0.2) is 17.7 Å². The Hall–Kier alpha value is -3.12. The number of ether oxygens (including phenoxy) is 3. The van der Waals surface area contributed by atoms with Gasteiger partial charge in [0.05, 0.1) is 57.6 Å². The molecule has 9 aliphatic heterocycles. The van der Waals surface area contributed by atoms with E-state index in [-0.39, 0.29) is 0 Å². The van der Waals surface area contributed by atoms with Gasteiger partial charge >= 0.3 is 0 Å². The van der Waals surface area contributed by atoms with Gasteiger partial charge in [-0.2, -0.15) is 0 Å². The van der Waals surface area contributed by atoms with Crippen molar-refractivity contribution in [3.8, 4) is 0 Å². The van der Waals surface area contributed by atoms with E-state index < -0.39 is 0 Å². The van der Waals surface area contributed by atoms with Gasteiger partial charge in [-0.25, -0.2) is 0 Å². The molecule has 15 nitrogen and oxygen atoms in total. The van der Waals surface area contributed by atoms with E-state index in [1.165, 1.54) is 45.2 Å². The Morgan fingerprint density at radius 1 is 0.389 bits per heavy atom. The minimum absolute atomic E-state index is 0.332. The van der Waals surface area contributed by atoms with Gasteiger partial charge in [0.25, 0.3) is 0 Å². The lowest BCUT2D eigenvalue weighted by Gasteiger charge is -2.17. The summed E-state index contributed by atoms with van der Waals surface area (Å²) in [7, 11) is 0. The highest BCUT2D eigenvalue weighted by atomic mass is 32.2.